The zero-order chi connectivity index (χ0) is 14.1. The lowest BCUT2D eigenvalue weighted by molar-refractivity contribution is 0.0701. The van der Waals surface area contributed by atoms with E-state index in [2.05, 4.69) is 34.1 Å². The lowest BCUT2D eigenvalue weighted by Gasteiger charge is -2.15. The number of anilines is 1. The largest absolute Gasteiger partial charge is 0.477 e. The van der Waals surface area contributed by atoms with Gasteiger partial charge in [0, 0.05) is 19.0 Å². The van der Waals surface area contributed by atoms with E-state index in [4.69, 9.17) is 5.11 Å². The molecule has 0 saturated carbocycles. The van der Waals surface area contributed by atoms with Gasteiger partial charge in [-0.05, 0) is 18.9 Å². The minimum Gasteiger partial charge on any atom is -0.477 e. The number of aryl methyl sites for hydroxylation is 1. The summed E-state index contributed by atoms with van der Waals surface area (Å²) in [6, 6.07) is 10.5. The summed E-state index contributed by atoms with van der Waals surface area (Å²) in [6.45, 7) is 3.61. The molecule has 1 aliphatic heterocycles. The van der Waals surface area contributed by atoms with E-state index >= 15 is 0 Å². The van der Waals surface area contributed by atoms with Crippen LogP contribution < -0.4 is 4.90 Å². The lowest BCUT2D eigenvalue weighted by atomic mass is 9.99. The number of hydrogen-bond donors (Lipinski definition) is 1. The first kappa shape index (κ1) is 13.1. The first-order valence-corrected chi connectivity index (χ1v) is 7.47. The molecular weight excluding hydrogens is 272 g/mol. The number of benzene rings is 1. The van der Waals surface area contributed by atoms with Gasteiger partial charge in [0.1, 0.15) is 4.88 Å². The van der Waals surface area contributed by atoms with Crippen LogP contribution in [0.15, 0.2) is 30.3 Å². The number of thiazole rings is 1. The highest BCUT2D eigenvalue weighted by atomic mass is 32.1. The van der Waals surface area contributed by atoms with Gasteiger partial charge in [-0.1, -0.05) is 41.7 Å². The molecule has 1 atom stereocenters. The summed E-state index contributed by atoms with van der Waals surface area (Å²) in [4.78, 5) is 18.0. The summed E-state index contributed by atoms with van der Waals surface area (Å²) in [7, 11) is 0. The van der Waals surface area contributed by atoms with Crippen LogP contribution in [-0.2, 0) is 0 Å². The Labute approximate surface area is 121 Å². The molecule has 0 radical (unpaired) electrons. The van der Waals surface area contributed by atoms with Crippen molar-refractivity contribution in [1.29, 1.82) is 0 Å². The van der Waals surface area contributed by atoms with Gasteiger partial charge in [0.05, 0.1) is 5.69 Å². The zero-order valence-electron chi connectivity index (χ0n) is 11.2. The molecule has 20 heavy (non-hydrogen) atoms. The van der Waals surface area contributed by atoms with E-state index in [1.54, 1.807) is 6.92 Å². The summed E-state index contributed by atoms with van der Waals surface area (Å²) in [6.07, 6.45) is 1.09. The quantitative estimate of drug-likeness (QED) is 0.942. The molecule has 0 spiro atoms. The van der Waals surface area contributed by atoms with Gasteiger partial charge in [-0.15, -0.1) is 0 Å². The van der Waals surface area contributed by atoms with Crippen molar-refractivity contribution in [3.8, 4) is 0 Å². The number of aromatic nitrogens is 1. The number of hydrogen-bond acceptors (Lipinski definition) is 4. The van der Waals surface area contributed by atoms with E-state index in [1.807, 2.05) is 6.07 Å². The van der Waals surface area contributed by atoms with E-state index in [-0.39, 0.29) is 0 Å². The second kappa shape index (κ2) is 5.25. The first-order chi connectivity index (χ1) is 9.65. The third kappa shape index (κ3) is 2.41. The van der Waals surface area contributed by atoms with Gasteiger partial charge in [-0.25, -0.2) is 9.78 Å². The number of carboxylic acids is 1. The molecule has 1 fully saturated rings. The Hall–Kier alpha value is -1.88. The molecular formula is C15H16N2O2S. The fraction of sp³-hybridized carbons (Fsp3) is 0.333. The normalized spacial score (nSPS) is 18.4. The summed E-state index contributed by atoms with van der Waals surface area (Å²) < 4.78 is 0. The molecule has 0 aliphatic carbocycles. The number of rotatable bonds is 3. The Balaban J connectivity index is 1.77. The molecule has 3 rings (SSSR count). The predicted molar refractivity (Wildman–Crippen MR) is 79.8 cm³/mol. The molecule has 2 heterocycles. The summed E-state index contributed by atoms with van der Waals surface area (Å²) in [5.74, 6) is -0.376. The fourth-order valence-electron chi connectivity index (χ4n) is 2.65. The van der Waals surface area contributed by atoms with Crippen molar-refractivity contribution < 1.29 is 9.90 Å². The van der Waals surface area contributed by atoms with Crippen molar-refractivity contribution in [3.63, 3.8) is 0 Å². The number of aromatic carboxylic acids is 1. The average molecular weight is 288 g/mol. The van der Waals surface area contributed by atoms with Crippen LogP contribution in [0.3, 0.4) is 0 Å². The van der Waals surface area contributed by atoms with Crippen molar-refractivity contribution >= 4 is 22.4 Å². The monoisotopic (exact) mass is 288 g/mol. The van der Waals surface area contributed by atoms with E-state index in [1.165, 1.54) is 16.9 Å². The average Bonchev–Trinajstić information content (AvgIpc) is 3.06. The van der Waals surface area contributed by atoms with Crippen molar-refractivity contribution in [2.75, 3.05) is 18.0 Å². The molecule has 0 amide bonds. The molecule has 4 nitrogen and oxygen atoms in total. The van der Waals surface area contributed by atoms with Gasteiger partial charge in [-0.2, -0.15) is 0 Å². The van der Waals surface area contributed by atoms with Crippen molar-refractivity contribution in [2.45, 2.75) is 19.3 Å². The van der Waals surface area contributed by atoms with Gasteiger partial charge in [0.2, 0.25) is 0 Å². The minimum atomic E-state index is -0.884. The smallest absolute Gasteiger partial charge is 0.347 e. The molecule has 104 valence electrons. The summed E-state index contributed by atoms with van der Waals surface area (Å²) >= 11 is 1.28. The van der Waals surface area contributed by atoms with Crippen LogP contribution in [0.2, 0.25) is 0 Å². The standard InChI is InChI=1S/C15H16N2O2S/c1-10-13(14(18)19)20-15(16-10)17-8-7-12(9-17)11-5-3-2-4-6-11/h2-6,12H,7-9H2,1H3,(H,18,19). The highest BCUT2D eigenvalue weighted by Gasteiger charge is 2.27. The van der Waals surface area contributed by atoms with Crippen LogP contribution in [0.1, 0.15) is 33.3 Å². The predicted octanol–water partition coefficient (Wildman–Crippen LogP) is 3.14. The van der Waals surface area contributed by atoms with E-state index in [0.29, 0.717) is 16.5 Å². The Bertz CT molecular complexity index is 624. The van der Waals surface area contributed by atoms with Gasteiger partial charge in [-0.3, -0.25) is 0 Å². The maximum Gasteiger partial charge on any atom is 0.347 e. The summed E-state index contributed by atoms with van der Waals surface area (Å²) in [5.41, 5.74) is 1.96. The fourth-order valence-corrected chi connectivity index (χ4v) is 3.59. The second-order valence-electron chi connectivity index (χ2n) is 5.06. The zero-order valence-corrected chi connectivity index (χ0v) is 12.1. The number of nitrogens with zero attached hydrogens (tertiary/aromatic N) is 2. The Morgan fingerprint density at radius 3 is 2.80 bits per heavy atom. The highest BCUT2D eigenvalue weighted by Crippen LogP contribution is 2.33. The lowest BCUT2D eigenvalue weighted by Crippen LogP contribution is -2.18. The van der Waals surface area contributed by atoms with E-state index in [0.717, 1.165) is 24.6 Å². The van der Waals surface area contributed by atoms with Crippen LogP contribution in [0.5, 0.6) is 0 Å². The van der Waals surface area contributed by atoms with Crippen LogP contribution in [-0.4, -0.2) is 29.1 Å². The number of carbonyl (C=O) groups is 1. The maximum absolute atomic E-state index is 11.1. The number of carboxylic acid groups (broad SMARTS) is 1. The van der Waals surface area contributed by atoms with Crippen molar-refractivity contribution in [3.05, 3.63) is 46.5 Å². The van der Waals surface area contributed by atoms with Gasteiger partial charge in [0.15, 0.2) is 5.13 Å². The second-order valence-corrected chi connectivity index (χ2v) is 6.04. The topological polar surface area (TPSA) is 53.4 Å². The van der Waals surface area contributed by atoms with Crippen molar-refractivity contribution in [1.82, 2.24) is 4.98 Å². The third-order valence-corrected chi connectivity index (χ3v) is 4.92. The molecule has 1 aliphatic rings. The van der Waals surface area contributed by atoms with E-state index in [9.17, 15) is 4.79 Å². The maximum atomic E-state index is 11.1. The van der Waals surface area contributed by atoms with Crippen LogP contribution in [0, 0.1) is 6.92 Å². The SMILES string of the molecule is Cc1nc(N2CCC(c3ccccc3)C2)sc1C(=O)O. The van der Waals surface area contributed by atoms with Crippen LogP contribution in [0.4, 0.5) is 5.13 Å². The molecule has 5 heteroatoms. The van der Waals surface area contributed by atoms with Gasteiger partial charge in [0.25, 0.3) is 0 Å². The molecule has 1 aromatic carbocycles. The third-order valence-electron chi connectivity index (χ3n) is 3.71. The van der Waals surface area contributed by atoms with Gasteiger partial charge < -0.3 is 10.0 Å². The first-order valence-electron chi connectivity index (χ1n) is 6.66. The molecule has 1 unspecified atom stereocenters. The molecule has 0 bridgehead atoms. The Morgan fingerprint density at radius 1 is 1.40 bits per heavy atom. The van der Waals surface area contributed by atoms with Gasteiger partial charge >= 0.3 is 5.97 Å². The molecule has 1 aromatic heterocycles. The highest BCUT2D eigenvalue weighted by molar-refractivity contribution is 7.17. The molecule has 2 aromatic rings. The van der Waals surface area contributed by atoms with Crippen molar-refractivity contribution in [2.24, 2.45) is 0 Å². The molecule has 1 saturated heterocycles. The Morgan fingerprint density at radius 2 is 2.15 bits per heavy atom. The van der Waals surface area contributed by atoms with Crippen LogP contribution >= 0.6 is 11.3 Å². The van der Waals surface area contributed by atoms with E-state index < -0.39 is 5.97 Å². The molecule has 1 N–H and O–H groups in total. The van der Waals surface area contributed by atoms with Crippen LogP contribution in [0.25, 0.3) is 0 Å². The minimum absolute atomic E-state index is 0.350. The Kier molecular flexibility index (Phi) is 3.44. The summed E-state index contributed by atoms with van der Waals surface area (Å²) in [5, 5.41) is 9.94.